The third-order valence-corrected chi connectivity index (χ3v) is 2.82. The van der Waals surface area contributed by atoms with E-state index in [4.69, 9.17) is 9.47 Å². The minimum Gasteiger partial charge on any atom is -0.491 e. The van der Waals surface area contributed by atoms with E-state index in [0.29, 0.717) is 26.4 Å². The van der Waals surface area contributed by atoms with Gasteiger partial charge < -0.3 is 20.1 Å². The SMILES string of the molecule is CCOCCOc1cc(C)ccc1CNC(=NC)NC.I. The first-order chi connectivity index (χ1) is 9.71. The van der Waals surface area contributed by atoms with E-state index in [-0.39, 0.29) is 24.0 Å². The first kappa shape index (κ1) is 20.0. The maximum absolute atomic E-state index is 5.79. The van der Waals surface area contributed by atoms with E-state index >= 15 is 0 Å². The standard InChI is InChI=1S/C15H25N3O2.HI/c1-5-19-8-9-20-14-10-12(2)6-7-13(14)11-18-15(16-3)17-4;/h6-7,10H,5,8-9,11H2,1-4H3,(H2,16,17,18);1H. The fourth-order valence-corrected chi connectivity index (χ4v) is 1.76. The van der Waals surface area contributed by atoms with Crippen LogP contribution < -0.4 is 15.4 Å². The lowest BCUT2D eigenvalue weighted by molar-refractivity contribution is 0.110. The number of hydrogen-bond acceptors (Lipinski definition) is 3. The fourth-order valence-electron chi connectivity index (χ4n) is 1.76. The van der Waals surface area contributed by atoms with Crippen LogP contribution in [0.15, 0.2) is 23.2 Å². The molecule has 0 aromatic heterocycles. The molecule has 0 unspecified atom stereocenters. The van der Waals surface area contributed by atoms with Crippen molar-refractivity contribution in [2.24, 2.45) is 4.99 Å². The van der Waals surface area contributed by atoms with Crippen LogP contribution in [0.5, 0.6) is 5.75 Å². The van der Waals surface area contributed by atoms with E-state index in [2.05, 4.69) is 34.7 Å². The van der Waals surface area contributed by atoms with Gasteiger partial charge in [0.1, 0.15) is 12.4 Å². The van der Waals surface area contributed by atoms with Crippen molar-refractivity contribution in [2.75, 3.05) is 33.9 Å². The number of guanidine groups is 1. The molecule has 0 saturated heterocycles. The van der Waals surface area contributed by atoms with Crippen molar-refractivity contribution >= 4 is 29.9 Å². The van der Waals surface area contributed by atoms with E-state index < -0.39 is 0 Å². The maximum Gasteiger partial charge on any atom is 0.190 e. The number of aliphatic imine (C=N–C) groups is 1. The molecule has 1 aromatic rings. The van der Waals surface area contributed by atoms with Crippen LogP contribution in [0.1, 0.15) is 18.1 Å². The number of nitrogens with one attached hydrogen (secondary N) is 2. The zero-order valence-corrected chi connectivity index (χ0v) is 15.6. The molecular formula is C15H26IN3O2. The van der Waals surface area contributed by atoms with E-state index in [1.807, 2.05) is 20.0 Å². The Morgan fingerprint density at radius 2 is 2.05 bits per heavy atom. The van der Waals surface area contributed by atoms with E-state index in [1.165, 1.54) is 5.56 Å². The molecule has 2 N–H and O–H groups in total. The van der Waals surface area contributed by atoms with Crippen molar-refractivity contribution in [1.29, 1.82) is 0 Å². The first-order valence-electron chi connectivity index (χ1n) is 6.89. The van der Waals surface area contributed by atoms with Gasteiger partial charge in [0.15, 0.2) is 5.96 Å². The Bertz CT molecular complexity index is 439. The Balaban J connectivity index is 0.00000400. The van der Waals surface area contributed by atoms with Crippen molar-refractivity contribution in [2.45, 2.75) is 20.4 Å². The summed E-state index contributed by atoms with van der Waals surface area (Å²) < 4.78 is 11.1. The normalized spacial score (nSPS) is 10.8. The molecule has 0 atom stereocenters. The van der Waals surface area contributed by atoms with Crippen molar-refractivity contribution in [3.05, 3.63) is 29.3 Å². The summed E-state index contributed by atoms with van der Waals surface area (Å²) in [7, 11) is 3.58. The van der Waals surface area contributed by atoms with Gasteiger partial charge in [0.2, 0.25) is 0 Å². The zero-order valence-electron chi connectivity index (χ0n) is 13.2. The van der Waals surface area contributed by atoms with E-state index in [1.54, 1.807) is 7.05 Å². The molecule has 0 fully saturated rings. The van der Waals surface area contributed by atoms with Gasteiger partial charge in [0.05, 0.1) is 6.61 Å². The largest absolute Gasteiger partial charge is 0.491 e. The monoisotopic (exact) mass is 407 g/mol. The van der Waals surface area contributed by atoms with Gasteiger partial charge in [-0.05, 0) is 25.5 Å². The zero-order chi connectivity index (χ0) is 14.8. The maximum atomic E-state index is 5.79. The van der Waals surface area contributed by atoms with Crippen molar-refractivity contribution < 1.29 is 9.47 Å². The summed E-state index contributed by atoms with van der Waals surface area (Å²) in [6, 6.07) is 6.20. The molecule has 0 radical (unpaired) electrons. The van der Waals surface area contributed by atoms with Gasteiger partial charge in [-0.1, -0.05) is 12.1 Å². The fraction of sp³-hybridized carbons (Fsp3) is 0.533. The smallest absolute Gasteiger partial charge is 0.190 e. The molecule has 0 aliphatic heterocycles. The molecule has 0 saturated carbocycles. The second kappa shape index (κ2) is 11.6. The van der Waals surface area contributed by atoms with Crippen LogP contribution in [-0.2, 0) is 11.3 Å². The van der Waals surface area contributed by atoms with Crippen molar-refractivity contribution in [3.63, 3.8) is 0 Å². The summed E-state index contributed by atoms with van der Waals surface area (Å²) in [5, 5.41) is 6.22. The molecule has 5 nitrogen and oxygen atoms in total. The van der Waals surface area contributed by atoms with Crippen LogP contribution in [0.4, 0.5) is 0 Å². The highest BCUT2D eigenvalue weighted by atomic mass is 127. The average molecular weight is 407 g/mol. The summed E-state index contributed by atoms with van der Waals surface area (Å²) in [6.07, 6.45) is 0. The van der Waals surface area contributed by atoms with Crippen LogP contribution in [-0.4, -0.2) is 39.9 Å². The minimum absolute atomic E-state index is 0. The summed E-state index contributed by atoms with van der Waals surface area (Å²) in [4.78, 5) is 4.09. The Morgan fingerprint density at radius 1 is 1.29 bits per heavy atom. The highest BCUT2D eigenvalue weighted by Gasteiger charge is 2.05. The van der Waals surface area contributed by atoms with Gasteiger partial charge >= 0.3 is 0 Å². The Morgan fingerprint density at radius 3 is 2.67 bits per heavy atom. The average Bonchev–Trinajstić information content (AvgIpc) is 2.46. The quantitative estimate of drug-likeness (QED) is 0.315. The second-order valence-corrected chi connectivity index (χ2v) is 4.33. The van der Waals surface area contributed by atoms with Crippen molar-refractivity contribution in [3.8, 4) is 5.75 Å². The number of benzene rings is 1. The van der Waals surface area contributed by atoms with Gasteiger partial charge in [-0.2, -0.15) is 0 Å². The van der Waals surface area contributed by atoms with Crippen LogP contribution in [0.2, 0.25) is 0 Å². The lowest BCUT2D eigenvalue weighted by atomic mass is 10.1. The lowest BCUT2D eigenvalue weighted by Gasteiger charge is -2.14. The highest BCUT2D eigenvalue weighted by Crippen LogP contribution is 2.20. The Kier molecular flexibility index (Phi) is 11.1. The molecule has 0 bridgehead atoms. The van der Waals surface area contributed by atoms with Crippen LogP contribution in [0.25, 0.3) is 0 Å². The predicted octanol–water partition coefficient (Wildman–Crippen LogP) is 2.32. The number of aryl methyl sites for hydroxylation is 1. The molecule has 0 heterocycles. The summed E-state index contributed by atoms with van der Waals surface area (Å²) in [5.41, 5.74) is 2.28. The molecule has 6 heteroatoms. The van der Waals surface area contributed by atoms with E-state index in [0.717, 1.165) is 17.3 Å². The topological polar surface area (TPSA) is 54.9 Å². The first-order valence-corrected chi connectivity index (χ1v) is 6.89. The Labute approximate surface area is 144 Å². The number of nitrogens with zero attached hydrogens (tertiary/aromatic N) is 1. The lowest BCUT2D eigenvalue weighted by Crippen LogP contribution is -2.34. The van der Waals surface area contributed by atoms with E-state index in [9.17, 15) is 0 Å². The molecule has 1 aromatic carbocycles. The number of rotatable bonds is 7. The predicted molar refractivity (Wildman–Crippen MR) is 97.8 cm³/mol. The van der Waals surface area contributed by atoms with Crippen LogP contribution >= 0.6 is 24.0 Å². The third-order valence-electron chi connectivity index (χ3n) is 2.82. The molecule has 0 spiro atoms. The third kappa shape index (κ3) is 7.52. The molecule has 0 aliphatic rings. The molecular weight excluding hydrogens is 381 g/mol. The minimum atomic E-state index is 0. The molecule has 21 heavy (non-hydrogen) atoms. The number of halogens is 1. The number of hydrogen-bond donors (Lipinski definition) is 2. The van der Waals surface area contributed by atoms with Gasteiger partial charge in [0.25, 0.3) is 0 Å². The second-order valence-electron chi connectivity index (χ2n) is 4.33. The Hall–Kier alpha value is -1.02. The van der Waals surface area contributed by atoms with Crippen molar-refractivity contribution in [1.82, 2.24) is 10.6 Å². The molecule has 1 rings (SSSR count). The van der Waals surface area contributed by atoms with Gasteiger partial charge in [-0.15, -0.1) is 24.0 Å². The molecule has 120 valence electrons. The number of ether oxygens (including phenoxy) is 2. The summed E-state index contributed by atoms with van der Waals surface area (Å²) >= 11 is 0. The van der Waals surface area contributed by atoms with Gasteiger partial charge in [-0.3, -0.25) is 4.99 Å². The van der Waals surface area contributed by atoms with Crippen LogP contribution in [0.3, 0.4) is 0 Å². The molecule has 0 aliphatic carbocycles. The highest BCUT2D eigenvalue weighted by molar-refractivity contribution is 14.0. The summed E-state index contributed by atoms with van der Waals surface area (Å²) in [6.45, 7) is 6.58. The summed E-state index contributed by atoms with van der Waals surface area (Å²) in [5.74, 6) is 1.65. The van der Waals surface area contributed by atoms with Crippen LogP contribution in [0, 0.1) is 6.92 Å². The van der Waals surface area contributed by atoms with Gasteiger partial charge in [0, 0.05) is 32.8 Å². The molecule has 0 amide bonds. The van der Waals surface area contributed by atoms with Gasteiger partial charge in [-0.25, -0.2) is 0 Å².